The van der Waals surface area contributed by atoms with Crippen LogP contribution in [0.15, 0.2) is 42.5 Å². The molecule has 27 heavy (non-hydrogen) atoms. The Morgan fingerprint density at radius 3 is 2.26 bits per heavy atom. The Morgan fingerprint density at radius 2 is 1.63 bits per heavy atom. The first-order valence-electron chi connectivity index (χ1n) is 8.23. The quantitative estimate of drug-likeness (QED) is 0.713. The van der Waals surface area contributed by atoms with E-state index >= 15 is 0 Å². The van der Waals surface area contributed by atoms with Crippen LogP contribution in [0.5, 0.6) is 0 Å². The fourth-order valence-corrected chi connectivity index (χ4v) is 4.92. The molecule has 2 aromatic carbocycles. The van der Waals surface area contributed by atoms with Gasteiger partial charge in [-0.3, -0.25) is 4.79 Å². The highest BCUT2D eigenvalue weighted by Gasteiger charge is 2.29. The molecule has 0 aromatic heterocycles. The smallest absolute Gasteiger partial charge is 0.253 e. The first-order chi connectivity index (χ1) is 12.8. The molecule has 1 heterocycles. The maximum Gasteiger partial charge on any atom is 0.253 e. The van der Waals surface area contributed by atoms with Gasteiger partial charge in [0.15, 0.2) is 0 Å². The zero-order valence-electron chi connectivity index (χ0n) is 14.2. The summed E-state index contributed by atoms with van der Waals surface area (Å²) in [4.78, 5) is 14.2. The maximum absolute atomic E-state index is 12.7. The summed E-state index contributed by atoms with van der Waals surface area (Å²) in [7, 11) is -3.51. The molecule has 144 valence electrons. The summed E-state index contributed by atoms with van der Waals surface area (Å²) in [5.41, 5.74) is 1.07. The minimum atomic E-state index is -3.51. The first-order valence-corrected chi connectivity index (χ1v) is 11.0. The van der Waals surface area contributed by atoms with E-state index in [1.807, 2.05) is 0 Å². The number of benzene rings is 2. The lowest BCUT2D eigenvalue weighted by Gasteiger charge is -2.34. The fourth-order valence-electron chi connectivity index (χ4n) is 2.90. The molecular weight excluding hydrogens is 431 g/mol. The van der Waals surface area contributed by atoms with E-state index in [1.54, 1.807) is 47.4 Å². The number of carbonyl (C=O) groups is 1. The Morgan fingerprint density at radius 1 is 0.926 bits per heavy atom. The van der Waals surface area contributed by atoms with Gasteiger partial charge in [0.05, 0.1) is 15.8 Å². The van der Waals surface area contributed by atoms with Crippen LogP contribution < -0.4 is 0 Å². The normalized spacial score (nSPS) is 15.7. The standard InChI is InChI=1S/C18H17Cl3N2O3S/c19-15-3-1-2-14(11-15)18(24)22-6-8-23(9-7-22)27(25,26)12-13-4-5-16(20)17(21)10-13/h1-5,10-11H,6-9,12H2. The lowest BCUT2D eigenvalue weighted by Crippen LogP contribution is -2.50. The molecular formula is C18H17Cl3N2O3S. The van der Waals surface area contributed by atoms with Gasteiger partial charge < -0.3 is 4.90 Å². The van der Waals surface area contributed by atoms with Crippen LogP contribution in [0.1, 0.15) is 15.9 Å². The van der Waals surface area contributed by atoms with E-state index in [0.717, 1.165) is 0 Å². The summed E-state index contributed by atoms with van der Waals surface area (Å²) in [6.07, 6.45) is 0. The van der Waals surface area contributed by atoms with Gasteiger partial charge in [-0.2, -0.15) is 4.31 Å². The first kappa shape index (κ1) is 20.4. The highest BCUT2D eigenvalue weighted by Crippen LogP contribution is 2.24. The predicted octanol–water partition coefficient (Wildman–Crippen LogP) is 3.93. The Kier molecular flexibility index (Phi) is 6.33. The van der Waals surface area contributed by atoms with E-state index < -0.39 is 10.0 Å². The summed E-state index contributed by atoms with van der Waals surface area (Å²) in [5, 5.41) is 1.19. The molecule has 3 rings (SSSR count). The monoisotopic (exact) mass is 446 g/mol. The highest BCUT2D eigenvalue weighted by molar-refractivity contribution is 7.88. The molecule has 9 heteroatoms. The van der Waals surface area contributed by atoms with E-state index in [2.05, 4.69) is 0 Å². The molecule has 5 nitrogen and oxygen atoms in total. The molecule has 0 atom stereocenters. The van der Waals surface area contributed by atoms with Crippen LogP contribution >= 0.6 is 34.8 Å². The average molecular weight is 448 g/mol. The summed E-state index contributed by atoms with van der Waals surface area (Å²) in [5.74, 6) is -0.314. The molecule has 0 unspecified atom stereocenters. The molecule has 0 saturated carbocycles. The van der Waals surface area contributed by atoms with Gasteiger partial charge in [-0.05, 0) is 35.9 Å². The highest BCUT2D eigenvalue weighted by atomic mass is 35.5. The van der Waals surface area contributed by atoms with Crippen LogP contribution in [0.3, 0.4) is 0 Å². The Hall–Kier alpha value is -1.31. The summed E-state index contributed by atoms with van der Waals surface area (Å²) in [6, 6.07) is 11.5. The number of piperazine rings is 1. The van der Waals surface area contributed by atoms with Crippen LogP contribution in [-0.2, 0) is 15.8 Å². The molecule has 0 spiro atoms. The zero-order chi connectivity index (χ0) is 19.6. The SMILES string of the molecule is O=C(c1cccc(Cl)c1)N1CCN(S(=O)(=O)Cc2ccc(Cl)c(Cl)c2)CC1. The number of nitrogens with zero attached hydrogens (tertiary/aromatic N) is 2. The van der Waals surface area contributed by atoms with E-state index in [9.17, 15) is 13.2 Å². The van der Waals surface area contributed by atoms with Gasteiger partial charge in [0.25, 0.3) is 5.91 Å². The zero-order valence-corrected chi connectivity index (χ0v) is 17.3. The number of sulfonamides is 1. The van der Waals surface area contributed by atoms with Gasteiger partial charge in [0.1, 0.15) is 0 Å². The topological polar surface area (TPSA) is 57.7 Å². The minimum absolute atomic E-state index is 0.154. The van der Waals surface area contributed by atoms with Crippen molar-refractivity contribution in [1.29, 1.82) is 0 Å². The van der Waals surface area contributed by atoms with Crippen LogP contribution in [0, 0.1) is 0 Å². The molecule has 1 saturated heterocycles. The fraction of sp³-hybridized carbons (Fsp3) is 0.278. The average Bonchev–Trinajstić information content (AvgIpc) is 2.64. The third-order valence-corrected chi connectivity index (χ3v) is 7.15. The van der Waals surface area contributed by atoms with Gasteiger partial charge in [0, 0.05) is 36.8 Å². The van der Waals surface area contributed by atoms with Crippen molar-refractivity contribution in [2.45, 2.75) is 5.75 Å². The summed E-state index contributed by atoms with van der Waals surface area (Å²) in [6.45, 7) is 1.14. The van der Waals surface area contributed by atoms with Crippen molar-refractivity contribution < 1.29 is 13.2 Å². The molecule has 0 bridgehead atoms. The van der Waals surface area contributed by atoms with Gasteiger partial charge >= 0.3 is 0 Å². The number of hydrogen-bond donors (Lipinski definition) is 0. The second-order valence-corrected chi connectivity index (χ2v) is 9.43. The Balaban J connectivity index is 1.63. The number of halogens is 3. The maximum atomic E-state index is 12.7. The molecule has 1 fully saturated rings. The van der Waals surface area contributed by atoms with Crippen molar-refractivity contribution in [1.82, 2.24) is 9.21 Å². The van der Waals surface area contributed by atoms with Crippen molar-refractivity contribution in [2.75, 3.05) is 26.2 Å². The van der Waals surface area contributed by atoms with Crippen molar-refractivity contribution >= 4 is 50.7 Å². The third kappa shape index (κ3) is 4.95. The van der Waals surface area contributed by atoms with Gasteiger partial charge in [-0.15, -0.1) is 0 Å². The van der Waals surface area contributed by atoms with E-state index in [-0.39, 0.29) is 24.7 Å². The van der Waals surface area contributed by atoms with Crippen LogP contribution in [0.25, 0.3) is 0 Å². The molecule has 0 aliphatic carbocycles. The van der Waals surface area contributed by atoms with Crippen molar-refractivity contribution in [2.24, 2.45) is 0 Å². The van der Waals surface area contributed by atoms with Gasteiger partial charge in [0.2, 0.25) is 10.0 Å². The molecule has 1 amide bonds. The molecule has 0 N–H and O–H groups in total. The van der Waals surface area contributed by atoms with Crippen LogP contribution in [0.2, 0.25) is 15.1 Å². The summed E-state index contributed by atoms with van der Waals surface area (Å²) < 4.78 is 26.7. The van der Waals surface area contributed by atoms with E-state index in [0.29, 0.717) is 39.3 Å². The van der Waals surface area contributed by atoms with Crippen molar-refractivity contribution in [3.63, 3.8) is 0 Å². The number of hydrogen-bond acceptors (Lipinski definition) is 3. The number of amides is 1. The lowest BCUT2D eigenvalue weighted by molar-refractivity contribution is 0.0698. The predicted molar refractivity (Wildman–Crippen MR) is 108 cm³/mol. The van der Waals surface area contributed by atoms with E-state index in [1.165, 1.54) is 4.31 Å². The number of carbonyl (C=O) groups excluding carboxylic acids is 1. The number of rotatable bonds is 4. The summed E-state index contributed by atoms with van der Waals surface area (Å²) >= 11 is 17.8. The molecule has 0 radical (unpaired) electrons. The van der Waals surface area contributed by atoms with E-state index in [4.69, 9.17) is 34.8 Å². The largest absolute Gasteiger partial charge is 0.336 e. The Labute approximate surface area is 173 Å². The van der Waals surface area contributed by atoms with Crippen LogP contribution in [0.4, 0.5) is 0 Å². The van der Waals surface area contributed by atoms with Gasteiger partial charge in [-0.25, -0.2) is 8.42 Å². The third-order valence-electron chi connectivity index (χ3n) is 4.32. The van der Waals surface area contributed by atoms with Crippen LogP contribution in [-0.4, -0.2) is 49.7 Å². The Bertz CT molecular complexity index is 958. The minimum Gasteiger partial charge on any atom is -0.336 e. The second-order valence-electron chi connectivity index (χ2n) is 6.21. The van der Waals surface area contributed by atoms with Crippen molar-refractivity contribution in [3.8, 4) is 0 Å². The van der Waals surface area contributed by atoms with Crippen molar-refractivity contribution in [3.05, 3.63) is 68.7 Å². The molecule has 1 aliphatic rings. The second kappa shape index (κ2) is 8.37. The lowest BCUT2D eigenvalue weighted by atomic mass is 10.2. The molecule has 1 aliphatic heterocycles. The van der Waals surface area contributed by atoms with Gasteiger partial charge in [-0.1, -0.05) is 46.9 Å². The molecule has 2 aromatic rings.